The van der Waals surface area contributed by atoms with Crippen LogP contribution < -0.4 is 5.32 Å². The van der Waals surface area contributed by atoms with Crippen molar-refractivity contribution in [3.8, 4) is 0 Å². The Kier molecular flexibility index (Phi) is 3.26. The highest BCUT2D eigenvalue weighted by atomic mass is 16.5. The van der Waals surface area contributed by atoms with Gasteiger partial charge in [0.25, 0.3) is 6.01 Å². The maximum Gasteiger partial charge on any atom is 0.360 e. The molecule has 0 spiro atoms. The van der Waals surface area contributed by atoms with E-state index in [0.29, 0.717) is 18.7 Å². The van der Waals surface area contributed by atoms with Crippen LogP contribution in [0.15, 0.2) is 10.7 Å². The highest BCUT2D eigenvalue weighted by Gasteiger charge is 2.59. The molecule has 5 heteroatoms. The van der Waals surface area contributed by atoms with Crippen LogP contribution in [0.3, 0.4) is 0 Å². The molecule has 0 aromatic carbocycles. The quantitative estimate of drug-likeness (QED) is 0.861. The SMILES string of the molecule is CCOC(=O)c1coc(NC2C3(C)CCC(C3)C2(C)C)n1. The van der Waals surface area contributed by atoms with E-state index in [1.54, 1.807) is 6.92 Å². The molecule has 0 saturated heterocycles. The molecule has 1 aromatic heterocycles. The Morgan fingerprint density at radius 3 is 2.90 bits per heavy atom. The van der Waals surface area contributed by atoms with Crippen LogP contribution in [0.4, 0.5) is 6.01 Å². The van der Waals surface area contributed by atoms with E-state index in [0.717, 1.165) is 5.92 Å². The summed E-state index contributed by atoms with van der Waals surface area (Å²) in [5, 5.41) is 3.43. The zero-order valence-corrected chi connectivity index (χ0v) is 13.2. The molecule has 1 aromatic rings. The number of carbonyl (C=O) groups excluding carboxylic acids is 1. The van der Waals surface area contributed by atoms with Gasteiger partial charge in [0.15, 0.2) is 5.69 Å². The average molecular weight is 292 g/mol. The molecule has 0 aliphatic heterocycles. The van der Waals surface area contributed by atoms with Crippen molar-refractivity contribution < 1.29 is 13.9 Å². The van der Waals surface area contributed by atoms with Gasteiger partial charge in [0, 0.05) is 6.04 Å². The first-order valence-electron chi connectivity index (χ1n) is 7.76. The third-order valence-corrected chi connectivity index (χ3v) is 5.53. The van der Waals surface area contributed by atoms with Crippen molar-refractivity contribution in [1.29, 1.82) is 0 Å². The fourth-order valence-electron chi connectivity index (χ4n) is 4.42. The van der Waals surface area contributed by atoms with Gasteiger partial charge < -0.3 is 14.5 Å². The van der Waals surface area contributed by atoms with Gasteiger partial charge in [0.05, 0.1) is 6.61 Å². The number of fused-ring (bicyclic) bond motifs is 2. The Morgan fingerprint density at radius 1 is 1.52 bits per heavy atom. The zero-order valence-electron chi connectivity index (χ0n) is 13.2. The molecule has 2 saturated carbocycles. The molecule has 5 nitrogen and oxygen atoms in total. The summed E-state index contributed by atoms with van der Waals surface area (Å²) < 4.78 is 10.3. The summed E-state index contributed by atoms with van der Waals surface area (Å²) >= 11 is 0. The van der Waals surface area contributed by atoms with E-state index in [4.69, 9.17) is 9.15 Å². The Bertz CT molecular complexity index is 547. The smallest absolute Gasteiger partial charge is 0.360 e. The van der Waals surface area contributed by atoms with Crippen molar-refractivity contribution in [1.82, 2.24) is 4.98 Å². The molecule has 21 heavy (non-hydrogen) atoms. The Balaban J connectivity index is 1.76. The minimum Gasteiger partial charge on any atom is -0.461 e. The highest BCUT2D eigenvalue weighted by molar-refractivity contribution is 5.87. The van der Waals surface area contributed by atoms with Crippen molar-refractivity contribution in [2.24, 2.45) is 16.7 Å². The van der Waals surface area contributed by atoms with Crippen LogP contribution in [0.1, 0.15) is 57.4 Å². The lowest BCUT2D eigenvalue weighted by Gasteiger charge is -2.42. The number of carbonyl (C=O) groups is 1. The lowest BCUT2D eigenvalue weighted by atomic mass is 9.68. The molecule has 1 N–H and O–H groups in total. The van der Waals surface area contributed by atoms with Crippen molar-refractivity contribution >= 4 is 12.0 Å². The number of nitrogens with one attached hydrogen (secondary N) is 1. The predicted octanol–water partition coefficient (Wildman–Crippen LogP) is 3.48. The monoisotopic (exact) mass is 292 g/mol. The van der Waals surface area contributed by atoms with E-state index in [1.807, 2.05) is 0 Å². The molecule has 3 rings (SSSR count). The molecule has 3 atom stereocenters. The molecule has 2 aliphatic rings. The summed E-state index contributed by atoms with van der Waals surface area (Å²) in [6.07, 6.45) is 5.16. The van der Waals surface area contributed by atoms with Gasteiger partial charge >= 0.3 is 5.97 Å². The summed E-state index contributed by atoms with van der Waals surface area (Å²) in [4.78, 5) is 15.9. The summed E-state index contributed by atoms with van der Waals surface area (Å²) in [6, 6.07) is 0.738. The van der Waals surface area contributed by atoms with Gasteiger partial charge in [-0.15, -0.1) is 0 Å². The first-order valence-corrected chi connectivity index (χ1v) is 7.76. The van der Waals surface area contributed by atoms with E-state index < -0.39 is 5.97 Å². The fraction of sp³-hybridized carbons (Fsp3) is 0.750. The molecule has 2 bridgehead atoms. The normalized spacial score (nSPS) is 33.1. The molecule has 2 fully saturated rings. The zero-order chi connectivity index (χ0) is 15.3. The first-order chi connectivity index (χ1) is 9.87. The predicted molar refractivity (Wildman–Crippen MR) is 79.1 cm³/mol. The molecule has 2 aliphatic carbocycles. The Hall–Kier alpha value is -1.52. The first kappa shape index (κ1) is 14.4. The average Bonchev–Trinajstić information content (AvgIpc) is 3.06. The van der Waals surface area contributed by atoms with Crippen LogP contribution in [-0.2, 0) is 4.74 Å². The number of esters is 1. The number of nitrogens with zero attached hydrogens (tertiary/aromatic N) is 1. The van der Waals surface area contributed by atoms with Crippen LogP contribution in [0.5, 0.6) is 0 Å². The van der Waals surface area contributed by atoms with Gasteiger partial charge in [-0.2, -0.15) is 4.98 Å². The molecule has 3 unspecified atom stereocenters. The maximum absolute atomic E-state index is 11.6. The minimum absolute atomic E-state index is 0.214. The van der Waals surface area contributed by atoms with Crippen LogP contribution in [0.25, 0.3) is 0 Å². The highest BCUT2D eigenvalue weighted by Crippen LogP contribution is 2.63. The Labute approximate surface area is 125 Å². The number of aromatic nitrogens is 1. The van der Waals surface area contributed by atoms with E-state index in [-0.39, 0.29) is 16.5 Å². The van der Waals surface area contributed by atoms with Crippen LogP contribution >= 0.6 is 0 Å². The van der Waals surface area contributed by atoms with E-state index in [9.17, 15) is 4.79 Å². The van der Waals surface area contributed by atoms with Crippen molar-refractivity contribution in [2.75, 3.05) is 11.9 Å². The standard InChI is InChI=1S/C16H24N2O3/c1-5-20-12(19)11-9-21-14(17-11)18-13-15(2,3)10-6-7-16(13,4)8-10/h9-10,13H,5-8H2,1-4H3,(H,17,18). The van der Waals surface area contributed by atoms with Crippen molar-refractivity contribution in [3.63, 3.8) is 0 Å². The van der Waals surface area contributed by atoms with Gasteiger partial charge in [-0.1, -0.05) is 20.8 Å². The number of ether oxygens (including phenoxy) is 1. The second-order valence-electron chi connectivity index (χ2n) is 7.25. The van der Waals surface area contributed by atoms with Crippen LogP contribution in [0.2, 0.25) is 0 Å². The summed E-state index contributed by atoms with van der Waals surface area (Å²) in [5.41, 5.74) is 0.726. The van der Waals surface area contributed by atoms with E-state index in [2.05, 4.69) is 31.1 Å². The van der Waals surface area contributed by atoms with Gasteiger partial charge in [-0.05, 0) is 42.9 Å². The third-order valence-electron chi connectivity index (χ3n) is 5.53. The van der Waals surface area contributed by atoms with Gasteiger partial charge in [-0.3, -0.25) is 0 Å². The van der Waals surface area contributed by atoms with E-state index in [1.165, 1.54) is 25.5 Å². The number of rotatable bonds is 4. The molecule has 1 heterocycles. The second-order valence-corrected chi connectivity index (χ2v) is 7.25. The minimum atomic E-state index is -0.437. The Morgan fingerprint density at radius 2 is 2.29 bits per heavy atom. The third kappa shape index (κ3) is 2.23. The molecule has 0 radical (unpaired) electrons. The summed E-state index contributed by atoms with van der Waals surface area (Å²) in [5.74, 6) is 0.312. The maximum atomic E-state index is 11.6. The topological polar surface area (TPSA) is 64.4 Å². The summed E-state index contributed by atoms with van der Waals surface area (Å²) in [6.45, 7) is 9.08. The van der Waals surface area contributed by atoms with Gasteiger partial charge in [-0.25, -0.2) is 4.79 Å². The lowest BCUT2D eigenvalue weighted by Crippen LogP contribution is -2.45. The van der Waals surface area contributed by atoms with Crippen LogP contribution in [0, 0.1) is 16.7 Å². The van der Waals surface area contributed by atoms with Gasteiger partial charge in [0.1, 0.15) is 6.26 Å². The number of anilines is 1. The van der Waals surface area contributed by atoms with Gasteiger partial charge in [0.2, 0.25) is 0 Å². The summed E-state index contributed by atoms with van der Waals surface area (Å²) in [7, 11) is 0. The second kappa shape index (κ2) is 4.75. The van der Waals surface area contributed by atoms with E-state index >= 15 is 0 Å². The van der Waals surface area contributed by atoms with Crippen molar-refractivity contribution in [3.05, 3.63) is 12.0 Å². The number of hydrogen-bond donors (Lipinski definition) is 1. The molecular formula is C16H24N2O3. The number of hydrogen-bond acceptors (Lipinski definition) is 5. The number of oxazole rings is 1. The fourth-order valence-corrected chi connectivity index (χ4v) is 4.42. The molecular weight excluding hydrogens is 268 g/mol. The van der Waals surface area contributed by atoms with Crippen molar-refractivity contribution in [2.45, 2.75) is 53.0 Å². The largest absolute Gasteiger partial charge is 0.461 e. The lowest BCUT2D eigenvalue weighted by molar-refractivity contribution is 0.0519. The molecule has 0 amide bonds. The van der Waals surface area contributed by atoms with Crippen LogP contribution in [-0.4, -0.2) is 23.6 Å². The molecule has 116 valence electrons.